The first kappa shape index (κ1) is 12.9. The maximum absolute atomic E-state index is 6.15. The summed E-state index contributed by atoms with van der Waals surface area (Å²) in [4.78, 5) is 2.56. The van der Waals surface area contributed by atoms with Gasteiger partial charge in [0.05, 0.1) is 5.02 Å². The lowest BCUT2D eigenvalue weighted by molar-refractivity contribution is 0.142. The number of benzene rings is 1. The molecule has 0 spiro atoms. The Labute approximate surface area is 122 Å². The van der Waals surface area contributed by atoms with E-state index in [2.05, 4.69) is 38.3 Å². The van der Waals surface area contributed by atoms with Crippen LogP contribution in [0.1, 0.15) is 12.0 Å². The Hall–Kier alpha value is -0.0900. The number of hydrogen-bond donors (Lipinski definition) is 1. The Kier molecular flexibility index (Phi) is 3.94. The van der Waals surface area contributed by atoms with Crippen LogP contribution in [0, 0.1) is 11.8 Å². The van der Waals surface area contributed by atoms with Crippen LogP contribution in [0.2, 0.25) is 5.02 Å². The molecule has 1 aromatic carbocycles. The minimum Gasteiger partial charge on any atom is -0.316 e. The van der Waals surface area contributed by atoms with E-state index in [1.807, 2.05) is 6.07 Å². The van der Waals surface area contributed by atoms with Crippen LogP contribution in [-0.2, 0) is 6.54 Å². The molecule has 2 nitrogen and oxygen atoms in total. The van der Waals surface area contributed by atoms with Crippen molar-refractivity contribution in [3.05, 3.63) is 33.3 Å². The molecule has 4 heteroatoms. The topological polar surface area (TPSA) is 15.3 Å². The molecule has 0 aliphatic carbocycles. The van der Waals surface area contributed by atoms with Crippen molar-refractivity contribution in [2.24, 2.45) is 11.8 Å². The number of nitrogens with one attached hydrogen (secondary N) is 1. The largest absolute Gasteiger partial charge is 0.316 e. The molecule has 2 fully saturated rings. The van der Waals surface area contributed by atoms with E-state index in [1.54, 1.807) is 0 Å². The lowest BCUT2D eigenvalue weighted by Crippen LogP contribution is -2.39. The molecule has 1 N–H and O–H groups in total. The highest BCUT2D eigenvalue weighted by molar-refractivity contribution is 9.10. The molecule has 2 aliphatic rings. The molecule has 18 heavy (non-hydrogen) atoms. The summed E-state index contributed by atoms with van der Waals surface area (Å²) in [6.07, 6.45) is 1.34. The first-order valence-electron chi connectivity index (χ1n) is 6.59. The summed E-state index contributed by atoms with van der Waals surface area (Å²) in [6, 6.07) is 6.28. The van der Waals surface area contributed by atoms with Gasteiger partial charge in [-0.15, -0.1) is 0 Å². The molecule has 0 bridgehead atoms. The molecule has 2 saturated heterocycles. The second-order valence-electron chi connectivity index (χ2n) is 5.45. The van der Waals surface area contributed by atoms with Gasteiger partial charge in [-0.25, -0.2) is 0 Å². The van der Waals surface area contributed by atoms with Gasteiger partial charge < -0.3 is 5.32 Å². The lowest BCUT2D eigenvalue weighted by Gasteiger charge is -2.34. The van der Waals surface area contributed by atoms with Crippen molar-refractivity contribution in [1.29, 1.82) is 0 Å². The fraction of sp³-hybridized carbons (Fsp3) is 0.571. The molecule has 3 rings (SSSR count). The van der Waals surface area contributed by atoms with Gasteiger partial charge in [-0.05, 0) is 71.5 Å². The molecule has 2 unspecified atom stereocenters. The minimum absolute atomic E-state index is 0.810. The van der Waals surface area contributed by atoms with E-state index < -0.39 is 0 Å². The van der Waals surface area contributed by atoms with Crippen LogP contribution in [0.4, 0.5) is 0 Å². The monoisotopic (exact) mass is 328 g/mol. The van der Waals surface area contributed by atoms with Gasteiger partial charge in [0.1, 0.15) is 0 Å². The summed E-state index contributed by atoms with van der Waals surface area (Å²) in [5.74, 6) is 1.76. The molecule has 0 radical (unpaired) electrons. The van der Waals surface area contributed by atoms with E-state index in [4.69, 9.17) is 11.6 Å². The Morgan fingerprint density at radius 2 is 2.17 bits per heavy atom. The summed E-state index contributed by atoms with van der Waals surface area (Å²) >= 11 is 9.58. The maximum atomic E-state index is 6.15. The van der Waals surface area contributed by atoms with E-state index in [9.17, 15) is 0 Å². The smallest absolute Gasteiger partial charge is 0.0551 e. The first-order valence-corrected chi connectivity index (χ1v) is 7.76. The van der Waals surface area contributed by atoms with Crippen LogP contribution < -0.4 is 5.32 Å². The van der Waals surface area contributed by atoms with Gasteiger partial charge in [-0.2, -0.15) is 0 Å². The van der Waals surface area contributed by atoms with Gasteiger partial charge in [0, 0.05) is 17.6 Å². The van der Waals surface area contributed by atoms with Crippen LogP contribution in [0.25, 0.3) is 0 Å². The third-order valence-corrected chi connectivity index (χ3v) is 5.41. The van der Waals surface area contributed by atoms with E-state index >= 15 is 0 Å². The zero-order valence-electron chi connectivity index (χ0n) is 10.3. The van der Waals surface area contributed by atoms with Crippen LogP contribution in [0.3, 0.4) is 0 Å². The molecule has 98 valence electrons. The standard InChI is InChI=1S/C14H18BrClN2/c15-13-2-1-10(5-14(13)16)8-18-4-3-11-6-17-7-12(11)9-18/h1-2,5,11-12,17H,3-4,6-9H2. The molecular formula is C14H18BrClN2. The average molecular weight is 330 g/mol. The number of piperidine rings is 1. The third-order valence-electron chi connectivity index (χ3n) is 4.18. The second-order valence-corrected chi connectivity index (χ2v) is 6.71. The van der Waals surface area contributed by atoms with Gasteiger partial charge in [0.15, 0.2) is 0 Å². The number of rotatable bonds is 2. The predicted molar refractivity (Wildman–Crippen MR) is 78.9 cm³/mol. The number of nitrogens with zero attached hydrogens (tertiary/aromatic N) is 1. The maximum Gasteiger partial charge on any atom is 0.0551 e. The molecule has 2 aliphatic heterocycles. The van der Waals surface area contributed by atoms with Crippen LogP contribution in [0.5, 0.6) is 0 Å². The number of likely N-dealkylation sites (tertiary alicyclic amines) is 1. The second kappa shape index (κ2) is 5.49. The molecule has 2 heterocycles. The lowest BCUT2D eigenvalue weighted by atomic mass is 9.88. The van der Waals surface area contributed by atoms with Crippen molar-refractivity contribution in [2.75, 3.05) is 26.2 Å². The van der Waals surface area contributed by atoms with E-state index in [-0.39, 0.29) is 0 Å². The van der Waals surface area contributed by atoms with Gasteiger partial charge in [-0.1, -0.05) is 17.7 Å². The summed E-state index contributed by atoms with van der Waals surface area (Å²) in [6.45, 7) is 5.89. The minimum atomic E-state index is 0.810. The zero-order valence-corrected chi connectivity index (χ0v) is 12.7. The van der Waals surface area contributed by atoms with Crippen molar-refractivity contribution in [1.82, 2.24) is 10.2 Å². The Morgan fingerprint density at radius 1 is 1.33 bits per heavy atom. The molecule has 0 saturated carbocycles. The highest BCUT2D eigenvalue weighted by Gasteiger charge is 2.32. The number of hydrogen-bond acceptors (Lipinski definition) is 2. The third kappa shape index (κ3) is 2.74. The van der Waals surface area contributed by atoms with E-state index in [0.717, 1.165) is 27.9 Å². The SMILES string of the molecule is Clc1cc(CN2CCC3CNCC3C2)ccc1Br. The van der Waals surface area contributed by atoms with E-state index in [0.29, 0.717) is 0 Å². The molecule has 2 atom stereocenters. The van der Waals surface area contributed by atoms with Crippen LogP contribution >= 0.6 is 27.5 Å². The summed E-state index contributed by atoms with van der Waals surface area (Å²) in [7, 11) is 0. The Morgan fingerprint density at radius 3 is 3.00 bits per heavy atom. The fourth-order valence-corrected chi connectivity index (χ4v) is 3.60. The highest BCUT2D eigenvalue weighted by atomic mass is 79.9. The van der Waals surface area contributed by atoms with Gasteiger partial charge in [0.2, 0.25) is 0 Å². The average Bonchev–Trinajstić information content (AvgIpc) is 2.81. The normalized spacial score (nSPS) is 28.3. The zero-order chi connectivity index (χ0) is 12.5. The summed E-state index contributed by atoms with van der Waals surface area (Å²) < 4.78 is 0.978. The molecule has 0 amide bonds. The van der Waals surface area contributed by atoms with Crippen molar-refractivity contribution >= 4 is 27.5 Å². The number of fused-ring (bicyclic) bond motifs is 1. The van der Waals surface area contributed by atoms with Crippen molar-refractivity contribution < 1.29 is 0 Å². The van der Waals surface area contributed by atoms with E-state index in [1.165, 1.54) is 38.2 Å². The van der Waals surface area contributed by atoms with Crippen LogP contribution in [0.15, 0.2) is 22.7 Å². The van der Waals surface area contributed by atoms with Gasteiger partial charge in [0.25, 0.3) is 0 Å². The molecular weight excluding hydrogens is 312 g/mol. The van der Waals surface area contributed by atoms with Gasteiger partial charge >= 0.3 is 0 Å². The first-order chi connectivity index (χ1) is 8.72. The van der Waals surface area contributed by atoms with Gasteiger partial charge in [-0.3, -0.25) is 4.90 Å². The van der Waals surface area contributed by atoms with Crippen molar-refractivity contribution in [3.8, 4) is 0 Å². The van der Waals surface area contributed by atoms with Crippen molar-refractivity contribution in [3.63, 3.8) is 0 Å². The molecule has 1 aromatic rings. The Bertz CT molecular complexity index is 438. The number of halogens is 2. The van der Waals surface area contributed by atoms with Crippen LogP contribution in [-0.4, -0.2) is 31.1 Å². The molecule has 0 aromatic heterocycles. The Balaban J connectivity index is 1.64. The highest BCUT2D eigenvalue weighted by Crippen LogP contribution is 2.28. The quantitative estimate of drug-likeness (QED) is 0.897. The predicted octanol–water partition coefficient (Wildman–Crippen LogP) is 3.14. The summed E-state index contributed by atoms with van der Waals surface area (Å²) in [5.41, 5.74) is 1.31. The summed E-state index contributed by atoms with van der Waals surface area (Å²) in [5, 5.41) is 4.32. The fourth-order valence-electron chi connectivity index (χ4n) is 3.15. The van der Waals surface area contributed by atoms with Crippen molar-refractivity contribution in [2.45, 2.75) is 13.0 Å².